The van der Waals surface area contributed by atoms with Crippen LogP contribution in [0.1, 0.15) is 11.1 Å². The molecule has 6 nitrogen and oxygen atoms in total. The highest BCUT2D eigenvalue weighted by Crippen LogP contribution is 2.57. The second kappa shape index (κ2) is 19.3. The number of ether oxygens (including phenoxy) is 6. The van der Waals surface area contributed by atoms with Gasteiger partial charge in [0.15, 0.2) is 23.0 Å². The molecule has 9 heteroatoms. The smallest absolute Gasteiger partial charge is 0.203 e. The lowest BCUT2D eigenvalue weighted by Gasteiger charge is -2.27. The van der Waals surface area contributed by atoms with E-state index in [0.29, 0.717) is 49.6 Å². The number of aryl methyl sites for hydroxylation is 2. The molecule has 0 atom stereocenters. The first kappa shape index (κ1) is 45.0. The van der Waals surface area contributed by atoms with E-state index < -0.39 is 0 Å². The average Bonchev–Trinajstić information content (AvgIpc) is 3.33. The van der Waals surface area contributed by atoms with Gasteiger partial charge in [-0.25, -0.2) is 0 Å². The normalized spacial score (nSPS) is 11.0. The zero-order valence-electron chi connectivity index (χ0n) is 37.3. The van der Waals surface area contributed by atoms with Crippen LogP contribution in [0.25, 0.3) is 77.9 Å². The Kier molecular flexibility index (Phi) is 13.3. The maximum Gasteiger partial charge on any atom is 0.203 e. The Morgan fingerprint density at radius 1 is 0.369 bits per heavy atom. The lowest BCUT2D eigenvalue weighted by molar-refractivity contribution is 0.325. The largest absolute Gasteiger partial charge is 0.497 e. The molecule has 0 bridgehead atoms. The molecule has 1 radical (unpaired) electrons. The second-order valence-electron chi connectivity index (χ2n) is 15.4. The number of rotatable bonds is 13. The zero-order chi connectivity index (χ0) is 45.9. The highest BCUT2D eigenvalue weighted by Gasteiger charge is 2.31. The van der Waals surface area contributed by atoms with Crippen molar-refractivity contribution in [1.82, 2.24) is 0 Å². The van der Waals surface area contributed by atoms with Crippen molar-refractivity contribution in [2.24, 2.45) is 0 Å². The van der Waals surface area contributed by atoms with E-state index in [-0.39, 0.29) is 0 Å². The third kappa shape index (κ3) is 8.70. The molecule has 8 aromatic carbocycles. The van der Waals surface area contributed by atoms with Gasteiger partial charge >= 0.3 is 0 Å². The Balaban J connectivity index is 1.67. The van der Waals surface area contributed by atoms with Crippen molar-refractivity contribution in [3.8, 4) is 112 Å². The molecule has 0 aliphatic carbocycles. The van der Waals surface area contributed by atoms with E-state index >= 15 is 0 Å². The van der Waals surface area contributed by atoms with Crippen molar-refractivity contribution < 1.29 is 28.4 Å². The molecule has 0 aliphatic rings. The molecule has 0 unspecified atom stereocenters. The van der Waals surface area contributed by atoms with Gasteiger partial charge < -0.3 is 28.4 Å². The van der Waals surface area contributed by atoms with Gasteiger partial charge in [0.25, 0.3) is 0 Å². The van der Waals surface area contributed by atoms with Crippen molar-refractivity contribution >= 4 is 34.8 Å². The Morgan fingerprint density at radius 2 is 1.00 bits per heavy atom. The number of benzene rings is 8. The predicted octanol–water partition coefficient (Wildman–Crippen LogP) is 15.8. The molecule has 8 rings (SSSR count). The molecule has 0 saturated heterocycles. The zero-order valence-corrected chi connectivity index (χ0v) is 39.6. The summed E-state index contributed by atoms with van der Waals surface area (Å²) in [4.78, 5) is 0. The fourth-order valence-electron chi connectivity index (χ4n) is 8.48. The van der Waals surface area contributed by atoms with Crippen LogP contribution >= 0.6 is 34.8 Å². The van der Waals surface area contributed by atoms with Gasteiger partial charge in [-0.15, -0.1) is 0 Å². The van der Waals surface area contributed by atoms with E-state index in [1.807, 2.05) is 78.9 Å². The summed E-state index contributed by atoms with van der Waals surface area (Å²) in [6, 6.07) is 48.4. The molecule has 65 heavy (non-hydrogen) atoms. The fourth-order valence-corrected chi connectivity index (χ4v) is 8.90. The van der Waals surface area contributed by atoms with Gasteiger partial charge in [-0.2, -0.15) is 0 Å². The van der Waals surface area contributed by atoms with Crippen LogP contribution in [0.3, 0.4) is 0 Å². The average molecular weight is 921 g/mol. The molecule has 0 N–H and O–H groups in total. The van der Waals surface area contributed by atoms with E-state index in [0.717, 1.165) is 89.0 Å². The van der Waals surface area contributed by atoms with Gasteiger partial charge in [-0.3, -0.25) is 0 Å². The van der Waals surface area contributed by atoms with E-state index in [4.69, 9.17) is 63.2 Å². The first-order valence-electron chi connectivity index (χ1n) is 20.7. The van der Waals surface area contributed by atoms with E-state index in [2.05, 4.69) is 74.5 Å². The van der Waals surface area contributed by atoms with Gasteiger partial charge in [-0.05, 0) is 147 Å². The molecule has 0 aliphatic heterocycles. The van der Waals surface area contributed by atoms with Gasteiger partial charge in [0.05, 0.1) is 52.7 Å². The molecule has 0 fully saturated rings. The SMILES string of the molecule is COc1ccc(-c2c(-c3ccc(Cl)c(Cl)c3)c(-c3ccc(Cl)cc3)[c]c(-c3cc(OC)c(OC)c(OC)c3-c3ccc(C)cc3-c3cccc(C)c3)c2-c2ccc(OC)c(OC)c2)cc1. The van der Waals surface area contributed by atoms with Crippen molar-refractivity contribution in [3.63, 3.8) is 0 Å². The molecular formula is C56H46Cl3O6. The van der Waals surface area contributed by atoms with E-state index in [1.165, 1.54) is 0 Å². The summed E-state index contributed by atoms with van der Waals surface area (Å²) in [6.07, 6.45) is 0. The van der Waals surface area contributed by atoms with Crippen molar-refractivity contribution in [2.45, 2.75) is 13.8 Å². The van der Waals surface area contributed by atoms with Crippen LogP contribution in [0.15, 0.2) is 133 Å². The molecule has 0 spiro atoms. The molecule has 0 aromatic heterocycles. The van der Waals surface area contributed by atoms with Crippen LogP contribution < -0.4 is 28.4 Å². The van der Waals surface area contributed by atoms with Crippen LogP contribution in [0.4, 0.5) is 0 Å². The van der Waals surface area contributed by atoms with Crippen LogP contribution in [0, 0.1) is 19.9 Å². The summed E-state index contributed by atoms with van der Waals surface area (Å²) in [6.45, 7) is 4.19. The summed E-state index contributed by atoms with van der Waals surface area (Å²) in [5, 5.41) is 1.43. The highest BCUT2D eigenvalue weighted by atomic mass is 35.5. The van der Waals surface area contributed by atoms with Gasteiger partial charge in [-0.1, -0.05) is 125 Å². The van der Waals surface area contributed by atoms with Crippen LogP contribution in [-0.4, -0.2) is 42.7 Å². The predicted molar refractivity (Wildman–Crippen MR) is 267 cm³/mol. The Hall–Kier alpha value is -6.57. The van der Waals surface area contributed by atoms with Gasteiger partial charge in [0.2, 0.25) is 5.75 Å². The third-order valence-corrected chi connectivity index (χ3v) is 12.5. The lowest BCUT2D eigenvalue weighted by Crippen LogP contribution is -2.03. The van der Waals surface area contributed by atoms with Crippen molar-refractivity contribution in [2.75, 3.05) is 42.7 Å². The summed E-state index contributed by atoms with van der Waals surface area (Å²) in [5.74, 6) is 3.21. The molecule has 0 amide bonds. The van der Waals surface area contributed by atoms with Crippen molar-refractivity contribution in [3.05, 3.63) is 166 Å². The van der Waals surface area contributed by atoms with Crippen LogP contribution in [0.2, 0.25) is 15.1 Å². The Labute approximate surface area is 395 Å². The monoisotopic (exact) mass is 919 g/mol. The quantitative estimate of drug-likeness (QED) is 0.115. The van der Waals surface area contributed by atoms with E-state index in [1.54, 1.807) is 42.7 Å². The van der Waals surface area contributed by atoms with Crippen LogP contribution in [0.5, 0.6) is 34.5 Å². The molecule has 0 heterocycles. The number of halogens is 3. The third-order valence-electron chi connectivity index (χ3n) is 11.5. The number of hydrogen-bond acceptors (Lipinski definition) is 6. The first-order valence-corrected chi connectivity index (χ1v) is 21.9. The topological polar surface area (TPSA) is 55.4 Å². The lowest BCUT2D eigenvalue weighted by atomic mass is 9.77. The van der Waals surface area contributed by atoms with Gasteiger partial charge in [0.1, 0.15) is 5.75 Å². The maximum atomic E-state index is 6.90. The highest BCUT2D eigenvalue weighted by molar-refractivity contribution is 6.42. The van der Waals surface area contributed by atoms with E-state index in [9.17, 15) is 0 Å². The maximum absolute atomic E-state index is 6.90. The Morgan fingerprint density at radius 3 is 1.65 bits per heavy atom. The minimum absolute atomic E-state index is 0.401. The number of methoxy groups -OCH3 is 6. The fraction of sp³-hybridized carbons (Fsp3) is 0.143. The minimum Gasteiger partial charge on any atom is -0.497 e. The van der Waals surface area contributed by atoms with Gasteiger partial charge in [0, 0.05) is 10.6 Å². The summed E-state index contributed by atoms with van der Waals surface area (Å²) < 4.78 is 36.3. The standard InChI is InChI=1S/C56H46Cl3O6/c1-32-10-9-11-36(26-32)42-27-33(2)12-23-41(42)54-45(31-50(63-6)55(64-7)56(54)65-8)44-30-43(34-13-19-39(57)20-14-34)51(37-17-24-46(58)47(59)28-37)53(35-15-21-40(60-3)22-16-35)52(44)38-18-25-48(61-4)49(29-38)62-5/h9-29,31H,1-8H3. The van der Waals surface area contributed by atoms with Crippen LogP contribution in [-0.2, 0) is 0 Å². The summed E-state index contributed by atoms with van der Waals surface area (Å²) in [7, 11) is 9.80. The molecule has 8 aromatic rings. The second-order valence-corrected chi connectivity index (χ2v) is 16.7. The summed E-state index contributed by atoms with van der Waals surface area (Å²) >= 11 is 20.1. The number of hydrogen-bond donors (Lipinski definition) is 0. The minimum atomic E-state index is 0.401. The Bertz CT molecular complexity index is 3050. The molecular weight excluding hydrogens is 875 g/mol. The molecule has 327 valence electrons. The molecule has 0 saturated carbocycles. The first-order chi connectivity index (χ1) is 31.5. The van der Waals surface area contributed by atoms with Crippen molar-refractivity contribution in [1.29, 1.82) is 0 Å². The summed E-state index contributed by atoms with van der Waals surface area (Å²) in [5.41, 5.74) is 14.1.